The minimum Gasteiger partial charge on any atom is -0.478 e. The lowest BCUT2D eigenvalue weighted by Gasteiger charge is -1.97. The molecule has 2 nitrogen and oxygen atoms in total. The van der Waals surface area contributed by atoms with Crippen LogP contribution in [0.1, 0.15) is 55.5 Å². The Hall–Kier alpha value is -1.83. The van der Waals surface area contributed by atoms with E-state index in [1.165, 1.54) is 18.4 Å². The molecule has 0 heterocycles. The van der Waals surface area contributed by atoms with Crippen molar-refractivity contribution in [2.24, 2.45) is 0 Å². The van der Waals surface area contributed by atoms with Gasteiger partial charge in [0.2, 0.25) is 0 Å². The average Bonchev–Trinajstić information content (AvgIpc) is 2.39. The molecule has 0 aliphatic rings. The third-order valence-electron chi connectivity index (χ3n) is 2.94. The second-order valence-electron chi connectivity index (χ2n) is 4.71. The lowest BCUT2D eigenvalue weighted by atomic mass is 10.1. The van der Waals surface area contributed by atoms with Gasteiger partial charge in [0.25, 0.3) is 0 Å². The van der Waals surface area contributed by atoms with Crippen molar-refractivity contribution in [1.29, 1.82) is 0 Å². The SMILES string of the molecule is CCC/C(C)=C\CC/C=C/c1ccc(C(=O)O)cc1. The molecule has 0 spiro atoms. The Bertz CT molecular complexity index is 453. The first-order valence-corrected chi connectivity index (χ1v) is 6.79. The number of carboxylic acid groups (broad SMARTS) is 1. The molecule has 0 bridgehead atoms. The summed E-state index contributed by atoms with van der Waals surface area (Å²) in [5.74, 6) is -0.882. The van der Waals surface area contributed by atoms with E-state index < -0.39 is 5.97 Å². The van der Waals surface area contributed by atoms with Gasteiger partial charge in [0, 0.05) is 0 Å². The minimum absolute atomic E-state index is 0.329. The molecular formula is C17H22O2. The van der Waals surface area contributed by atoms with Gasteiger partial charge in [0.15, 0.2) is 0 Å². The fourth-order valence-electron chi connectivity index (χ4n) is 1.88. The van der Waals surface area contributed by atoms with Crippen molar-refractivity contribution in [3.8, 4) is 0 Å². The molecule has 1 aromatic rings. The van der Waals surface area contributed by atoms with E-state index in [0.29, 0.717) is 5.56 Å². The summed E-state index contributed by atoms with van der Waals surface area (Å²) < 4.78 is 0. The molecule has 2 heteroatoms. The second-order valence-corrected chi connectivity index (χ2v) is 4.71. The Labute approximate surface area is 115 Å². The van der Waals surface area contributed by atoms with Gasteiger partial charge in [-0.25, -0.2) is 4.79 Å². The van der Waals surface area contributed by atoms with Crippen LogP contribution >= 0.6 is 0 Å². The minimum atomic E-state index is -0.882. The van der Waals surface area contributed by atoms with Crippen LogP contribution in [0.15, 0.2) is 42.0 Å². The molecule has 102 valence electrons. The van der Waals surface area contributed by atoms with Crippen molar-refractivity contribution in [2.45, 2.75) is 39.5 Å². The van der Waals surface area contributed by atoms with E-state index in [1.807, 2.05) is 18.2 Å². The number of benzene rings is 1. The van der Waals surface area contributed by atoms with E-state index in [4.69, 9.17) is 5.11 Å². The molecule has 0 aliphatic carbocycles. The Morgan fingerprint density at radius 3 is 2.47 bits per heavy atom. The number of hydrogen-bond donors (Lipinski definition) is 1. The first kappa shape index (κ1) is 15.2. The van der Waals surface area contributed by atoms with Crippen LogP contribution < -0.4 is 0 Å². The van der Waals surface area contributed by atoms with Gasteiger partial charge in [-0.2, -0.15) is 0 Å². The number of rotatable bonds is 7. The maximum Gasteiger partial charge on any atom is 0.335 e. The van der Waals surface area contributed by atoms with Crippen LogP contribution in [0.4, 0.5) is 0 Å². The second kappa shape index (κ2) is 8.30. The highest BCUT2D eigenvalue weighted by atomic mass is 16.4. The summed E-state index contributed by atoms with van der Waals surface area (Å²) in [7, 11) is 0. The number of allylic oxidation sites excluding steroid dienone is 3. The van der Waals surface area contributed by atoms with E-state index in [1.54, 1.807) is 12.1 Å². The molecule has 1 aromatic carbocycles. The maximum atomic E-state index is 10.7. The first-order chi connectivity index (χ1) is 9.13. The van der Waals surface area contributed by atoms with Crippen molar-refractivity contribution in [3.63, 3.8) is 0 Å². The molecule has 1 N–H and O–H groups in total. The van der Waals surface area contributed by atoms with Gasteiger partial charge in [-0.3, -0.25) is 0 Å². The molecule has 0 amide bonds. The molecule has 0 radical (unpaired) electrons. The Morgan fingerprint density at radius 2 is 1.89 bits per heavy atom. The van der Waals surface area contributed by atoms with Gasteiger partial charge >= 0.3 is 5.97 Å². The highest BCUT2D eigenvalue weighted by Crippen LogP contribution is 2.09. The summed E-state index contributed by atoms with van der Waals surface area (Å²) in [5, 5.41) is 8.79. The molecule has 0 saturated heterocycles. The number of aromatic carboxylic acids is 1. The molecule has 0 aromatic heterocycles. The van der Waals surface area contributed by atoms with Crippen molar-refractivity contribution >= 4 is 12.0 Å². The van der Waals surface area contributed by atoms with Crippen LogP contribution in [0.2, 0.25) is 0 Å². The van der Waals surface area contributed by atoms with Gasteiger partial charge in [-0.1, -0.05) is 49.3 Å². The van der Waals surface area contributed by atoms with Crippen LogP contribution in [-0.2, 0) is 0 Å². The van der Waals surface area contributed by atoms with Crippen molar-refractivity contribution in [3.05, 3.63) is 53.1 Å². The molecule has 0 atom stereocenters. The summed E-state index contributed by atoms with van der Waals surface area (Å²) in [6.45, 7) is 4.37. The largest absolute Gasteiger partial charge is 0.478 e. The smallest absolute Gasteiger partial charge is 0.335 e. The Kier molecular flexibility index (Phi) is 6.65. The monoisotopic (exact) mass is 258 g/mol. The molecule has 0 unspecified atom stereocenters. The standard InChI is InChI=1S/C17H22O2/c1-3-7-14(2)8-5-4-6-9-15-10-12-16(13-11-15)17(18)19/h6,8-13H,3-5,7H2,1-2H3,(H,18,19)/b9-6+,14-8-. The summed E-state index contributed by atoms with van der Waals surface area (Å²) in [5.41, 5.74) is 2.83. The molecule has 1 rings (SSSR count). The van der Waals surface area contributed by atoms with Crippen LogP contribution in [-0.4, -0.2) is 11.1 Å². The van der Waals surface area contributed by atoms with E-state index >= 15 is 0 Å². The van der Waals surface area contributed by atoms with Gasteiger partial charge < -0.3 is 5.11 Å². The first-order valence-electron chi connectivity index (χ1n) is 6.79. The van der Waals surface area contributed by atoms with E-state index in [-0.39, 0.29) is 0 Å². The summed E-state index contributed by atoms with van der Waals surface area (Å²) in [6, 6.07) is 6.93. The zero-order valence-corrected chi connectivity index (χ0v) is 11.7. The van der Waals surface area contributed by atoms with Gasteiger partial charge in [0.1, 0.15) is 0 Å². The predicted octanol–water partition coefficient (Wildman–Crippen LogP) is 4.92. The van der Waals surface area contributed by atoms with Gasteiger partial charge in [0.05, 0.1) is 5.56 Å². The number of carboxylic acids is 1. The topological polar surface area (TPSA) is 37.3 Å². The van der Waals surface area contributed by atoms with E-state index in [9.17, 15) is 4.79 Å². The zero-order chi connectivity index (χ0) is 14.1. The lowest BCUT2D eigenvalue weighted by molar-refractivity contribution is 0.0697. The van der Waals surface area contributed by atoms with E-state index in [0.717, 1.165) is 18.4 Å². The molecule has 19 heavy (non-hydrogen) atoms. The van der Waals surface area contributed by atoms with Crippen LogP contribution in [0.5, 0.6) is 0 Å². The third kappa shape index (κ3) is 6.05. The van der Waals surface area contributed by atoms with Crippen molar-refractivity contribution in [2.75, 3.05) is 0 Å². The fourth-order valence-corrected chi connectivity index (χ4v) is 1.88. The summed E-state index contributed by atoms with van der Waals surface area (Å²) >= 11 is 0. The van der Waals surface area contributed by atoms with Crippen molar-refractivity contribution in [1.82, 2.24) is 0 Å². The van der Waals surface area contributed by atoms with Crippen LogP contribution in [0, 0.1) is 0 Å². The fraction of sp³-hybridized carbons (Fsp3) is 0.353. The average molecular weight is 258 g/mol. The normalized spacial score (nSPS) is 12.0. The molecular weight excluding hydrogens is 236 g/mol. The Morgan fingerprint density at radius 1 is 1.21 bits per heavy atom. The molecule has 0 saturated carbocycles. The predicted molar refractivity (Wildman–Crippen MR) is 80.3 cm³/mol. The highest BCUT2D eigenvalue weighted by Gasteiger charge is 1.99. The van der Waals surface area contributed by atoms with Gasteiger partial charge in [-0.15, -0.1) is 0 Å². The van der Waals surface area contributed by atoms with Crippen LogP contribution in [0.3, 0.4) is 0 Å². The molecule has 0 aliphatic heterocycles. The number of hydrogen-bond acceptors (Lipinski definition) is 1. The zero-order valence-electron chi connectivity index (χ0n) is 11.7. The Balaban J connectivity index is 2.40. The lowest BCUT2D eigenvalue weighted by Crippen LogP contribution is -1.94. The quantitative estimate of drug-likeness (QED) is 0.556. The van der Waals surface area contributed by atoms with Crippen molar-refractivity contribution < 1.29 is 9.90 Å². The van der Waals surface area contributed by atoms with E-state index in [2.05, 4.69) is 26.0 Å². The maximum absolute atomic E-state index is 10.7. The summed E-state index contributed by atoms with van der Waals surface area (Å²) in [6.07, 6.45) is 10.9. The van der Waals surface area contributed by atoms with Gasteiger partial charge in [-0.05, 0) is 43.9 Å². The summed E-state index contributed by atoms with van der Waals surface area (Å²) in [4.78, 5) is 10.7. The third-order valence-corrected chi connectivity index (χ3v) is 2.94. The van der Waals surface area contributed by atoms with Crippen LogP contribution in [0.25, 0.3) is 6.08 Å². The molecule has 0 fully saturated rings. The number of unbranched alkanes of at least 4 members (excludes halogenated alkanes) is 1. The number of carbonyl (C=O) groups is 1. The highest BCUT2D eigenvalue weighted by molar-refractivity contribution is 5.87.